The van der Waals surface area contributed by atoms with E-state index in [0.717, 1.165) is 22.7 Å². The van der Waals surface area contributed by atoms with Crippen LogP contribution in [0.1, 0.15) is 17.2 Å². The van der Waals surface area contributed by atoms with E-state index in [9.17, 15) is 0 Å². The summed E-state index contributed by atoms with van der Waals surface area (Å²) >= 11 is 6.01. The van der Waals surface area contributed by atoms with E-state index in [4.69, 9.17) is 17.3 Å². The quantitative estimate of drug-likeness (QED) is 0.827. The van der Waals surface area contributed by atoms with E-state index >= 15 is 0 Å². The molecule has 0 fully saturated rings. The Morgan fingerprint density at radius 3 is 2.56 bits per heavy atom. The van der Waals surface area contributed by atoms with Crippen molar-refractivity contribution < 1.29 is 0 Å². The molecule has 0 radical (unpaired) electrons. The smallest absolute Gasteiger partial charge is 0.0410 e. The summed E-state index contributed by atoms with van der Waals surface area (Å²) in [5.41, 5.74) is 9.10. The second-order valence-corrected chi connectivity index (χ2v) is 4.74. The molecule has 0 aliphatic heterocycles. The van der Waals surface area contributed by atoms with Crippen molar-refractivity contribution in [2.75, 3.05) is 12.8 Å². The Morgan fingerprint density at radius 1 is 1.17 bits per heavy atom. The fourth-order valence-electron chi connectivity index (χ4n) is 2.04. The van der Waals surface area contributed by atoms with Crippen LogP contribution in [0, 0.1) is 0 Å². The molecule has 0 bridgehead atoms. The van der Waals surface area contributed by atoms with Crippen molar-refractivity contribution in [1.29, 1.82) is 0 Å². The molecule has 94 valence electrons. The molecule has 3 N–H and O–H groups in total. The molecule has 2 aromatic carbocycles. The highest BCUT2D eigenvalue weighted by Crippen LogP contribution is 2.24. The summed E-state index contributed by atoms with van der Waals surface area (Å²) in [5.74, 6) is 0. The number of benzene rings is 2. The van der Waals surface area contributed by atoms with Crippen molar-refractivity contribution >= 4 is 17.3 Å². The van der Waals surface area contributed by atoms with Crippen LogP contribution in [0.5, 0.6) is 0 Å². The zero-order valence-corrected chi connectivity index (χ0v) is 11.1. The summed E-state index contributed by atoms with van der Waals surface area (Å²) in [6.45, 7) is 0. The van der Waals surface area contributed by atoms with Gasteiger partial charge in [-0.25, -0.2) is 0 Å². The maximum Gasteiger partial charge on any atom is 0.0410 e. The highest BCUT2D eigenvalue weighted by atomic mass is 35.5. The zero-order chi connectivity index (χ0) is 13.0. The highest BCUT2D eigenvalue weighted by Gasteiger charge is 2.11. The van der Waals surface area contributed by atoms with Gasteiger partial charge in [-0.15, -0.1) is 0 Å². The normalized spacial score (nSPS) is 12.3. The number of likely N-dealkylation sites (N-methyl/N-ethyl adjacent to an activating group) is 1. The van der Waals surface area contributed by atoms with Crippen LogP contribution in [-0.2, 0) is 6.42 Å². The van der Waals surface area contributed by atoms with Gasteiger partial charge in [0.25, 0.3) is 0 Å². The Balaban J connectivity index is 2.23. The van der Waals surface area contributed by atoms with E-state index in [1.165, 1.54) is 5.56 Å². The topological polar surface area (TPSA) is 38.0 Å². The molecular formula is C15H17ClN2. The average Bonchev–Trinajstić information content (AvgIpc) is 2.41. The second-order valence-electron chi connectivity index (χ2n) is 4.30. The Bertz CT molecular complexity index is 511. The van der Waals surface area contributed by atoms with Crippen molar-refractivity contribution in [1.82, 2.24) is 5.32 Å². The van der Waals surface area contributed by atoms with Gasteiger partial charge >= 0.3 is 0 Å². The number of nitrogens with one attached hydrogen (secondary N) is 1. The molecule has 0 saturated heterocycles. The van der Waals surface area contributed by atoms with Crippen LogP contribution in [-0.4, -0.2) is 7.05 Å². The molecule has 3 heteroatoms. The fraction of sp³-hybridized carbons (Fsp3) is 0.200. The fourth-order valence-corrected chi connectivity index (χ4v) is 2.24. The van der Waals surface area contributed by atoms with E-state index in [-0.39, 0.29) is 6.04 Å². The molecule has 0 aromatic heterocycles. The number of anilines is 1. The first-order valence-electron chi connectivity index (χ1n) is 5.97. The molecule has 0 aliphatic rings. The summed E-state index contributed by atoms with van der Waals surface area (Å²) in [5, 5.41) is 4.04. The first-order chi connectivity index (χ1) is 8.70. The van der Waals surface area contributed by atoms with Crippen LogP contribution in [0.25, 0.3) is 0 Å². The minimum atomic E-state index is 0.243. The summed E-state index contributed by atoms with van der Waals surface area (Å²) in [7, 11) is 1.96. The van der Waals surface area contributed by atoms with Crippen molar-refractivity contribution in [2.24, 2.45) is 0 Å². The molecule has 2 rings (SSSR count). The molecule has 0 spiro atoms. The molecule has 0 heterocycles. The summed E-state index contributed by atoms with van der Waals surface area (Å²) in [6.07, 6.45) is 0.826. The third-order valence-corrected chi connectivity index (χ3v) is 3.31. The number of halogens is 1. The molecule has 0 saturated carbocycles. The van der Waals surface area contributed by atoms with E-state index < -0.39 is 0 Å². The Morgan fingerprint density at radius 2 is 1.89 bits per heavy atom. The van der Waals surface area contributed by atoms with Gasteiger partial charge in [-0.3, -0.25) is 0 Å². The first kappa shape index (κ1) is 12.9. The van der Waals surface area contributed by atoms with Crippen molar-refractivity contribution in [3.63, 3.8) is 0 Å². The van der Waals surface area contributed by atoms with Gasteiger partial charge in [0.1, 0.15) is 0 Å². The lowest BCUT2D eigenvalue weighted by Crippen LogP contribution is -2.19. The number of hydrogen-bond donors (Lipinski definition) is 2. The van der Waals surface area contributed by atoms with Crippen molar-refractivity contribution in [2.45, 2.75) is 12.5 Å². The number of rotatable bonds is 4. The highest BCUT2D eigenvalue weighted by molar-refractivity contribution is 6.30. The molecule has 1 atom stereocenters. The molecule has 2 aromatic rings. The lowest BCUT2D eigenvalue weighted by Gasteiger charge is -2.18. The van der Waals surface area contributed by atoms with E-state index in [1.54, 1.807) is 0 Å². The predicted octanol–water partition coefficient (Wildman–Crippen LogP) is 3.43. The minimum absolute atomic E-state index is 0.243. The molecule has 0 amide bonds. The van der Waals surface area contributed by atoms with Gasteiger partial charge in [-0.1, -0.05) is 41.9 Å². The van der Waals surface area contributed by atoms with E-state index in [1.807, 2.05) is 43.4 Å². The van der Waals surface area contributed by atoms with Crippen LogP contribution in [0.3, 0.4) is 0 Å². The predicted molar refractivity (Wildman–Crippen MR) is 77.8 cm³/mol. The van der Waals surface area contributed by atoms with Gasteiger partial charge in [0.15, 0.2) is 0 Å². The molecular weight excluding hydrogens is 244 g/mol. The van der Waals surface area contributed by atoms with Gasteiger partial charge in [-0.05, 0) is 42.8 Å². The second kappa shape index (κ2) is 5.89. The van der Waals surface area contributed by atoms with Gasteiger partial charge in [0, 0.05) is 16.8 Å². The summed E-state index contributed by atoms with van der Waals surface area (Å²) in [6, 6.07) is 16.2. The Kier molecular flexibility index (Phi) is 4.24. The van der Waals surface area contributed by atoms with Crippen molar-refractivity contribution in [3.05, 3.63) is 64.7 Å². The van der Waals surface area contributed by atoms with Gasteiger partial charge in [0.05, 0.1) is 0 Å². The maximum atomic E-state index is 6.01. The minimum Gasteiger partial charge on any atom is -0.399 e. The van der Waals surface area contributed by atoms with Crippen LogP contribution < -0.4 is 11.1 Å². The molecule has 2 nitrogen and oxygen atoms in total. The first-order valence-corrected chi connectivity index (χ1v) is 6.34. The summed E-state index contributed by atoms with van der Waals surface area (Å²) in [4.78, 5) is 0. The standard InChI is InChI=1S/C15H17ClN2/c1-18-15(11-5-3-2-4-6-11)10-12-9-13(16)7-8-14(12)17/h2-9,15,18H,10,17H2,1H3/t15-/m1/s1. The number of nitrogens with two attached hydrogens (primary N) is 1. The average molecular weight is 261 g/mol. The van der Waals surface area contributed by atoms with E-state index in [2.05, 4.69) is 17.4 Å². The Labute approximate surface area is 113 Å². The van der Waals surface area contributed by atoms with Crippen LogP contribution in [0.15, 0.2) is 48.5 Å². The lowest BCUT2D eigenvalue weighted by molar-refractivity contribution is 0.593. The summed E-state index contributed by atoms with van der Waals surface area (Å²) < 4.78 is 0. The largest absolute Gasteiger partial charge is 0.399 e. The zero-order valence-electron chi connectivity index (χ0n) is 10.4. The molecule has 0 aliphatic carbocycles. The van der Waals surface area contributed by atoms with Crippen LogP contribution in [0.2, 0.25) is 5.02 Å². The van der Waals surface area contributed by atoms with Crippen LogP contribution >= 0.6 is 11.6 Å². The van der Waals surface area contributed by atoms with E-state index in [0.29, 0.717) is 0 Å². The third kappa shape index (κ3) is 3.03. The Hall–Kier alpha value is -1.51. The van der Waals surface area contributed by atoms with Gasteiger partial charge < -0.3 is 11.1 Å². The SMILES string of the molecule is CN[C@H](Cc1cc(Cl)ccc1N)c1ccccc1. The van der Waals surface area contributed by atoms with Gasteiger partial charge in [0.2, 0.25) is 0 Å². The van der Waals surface area contributed by atoms with Gasteiger partial charge in [-0.2, -0.15) is 0 Å². The third-order valence-electron chi connectivity index (χ3n) is 3.08. The number of nitrogen functional groups attached to an aromatic ring is 1. The monoisotopic (exact) mass is 260 g/mol. The number of hydrogen-bond acceptors (Lipinski definition) is 2. The maximum absolute atomic E-state index is 6.01. The molecule has 0 unspecified atom stereocenters. The van der Waals surface area contributed by atoms with Crippen LogP contribution in [0.4, 0.5) is 5.69 Å². The molecule has 18 heavy (non-hydrogen) atoms. The lowest BCUT2D eigenvalue weighted by atomic mass is 9.98. The van der Waals surface area contributed by atoms with Crippen molar-refractivity contribution in [3.8, 4) is 0 Å².